The minimum absolute atomic E-state index is 0.00464. The minimum atomic E-state index is 0.00464. The number of amides is 1. The molecule has 0 saturated heterocycles. The van der Waals surface area contributed by atoms with Crippen LogP contribution in [0.1, 0.15) is 13.3 Å². The standard InChI is InChI=1S/C9H13ClN4O/c1-2-11-7(15)3-4-13-9-8(10)12-5-6-14-9/h5-6H,2-4H2,1H3,(H,11,15)(H,13,14). The molecule has 0 aliphatic heterocycles. The molecule has 82 valence electrons. The maximum Gasteiger partial charge on any atom is 0.221 e. The number of carbonyl (C=O) groups is 1. The first-order valence-corrected chi connectivity index (χ1v) is 5.09. The van der Waals surface area contributed by atoms with Crippen LogP contribution in [0.3, 0.4) is 0 Å². The van der Waals surface area contributed by atoms with Crippen LogP contribution in [0.25, 0.3) is 0 Å². The molecule has 5 nitrogen and oxygen atoms in total. The molecule has 0 aliphatic carbocycles. The van der Waals surface area contributed by atoms with Gasteiger partial charge in [-0.1, -0.05) is 11.6 Å². The summed E-state index contributed by atoms with van der Waals surface area (Å²) in [5.74, 6) is 0.508. The molecule has 0 aromatic carbocycles. The van der Waals surface area contributed by atoms with Crippen LogP contribution in [0.5, 0.6) is 0 Å². The molecule has 0 aliphatic rings. The highest BCUT2D eigenvalue weighted by atomic mass is 35.5. The third-order valence-electron chi connectivity index (χ3n) is 1.67. The van der Waals surface area contributed by atoms with Crippen LogP contribution >= 0.6 is 11.6 Å². The Morgan fingerprint density at radius 3 is 2.87 bits per heavy atom. The van der Waals surface area contributed by atoms with Crippen molar-refractivity contribution in [2.24, 2.45) is 0 Å². The van der Waals surface area contributed by atoms with Crippen molar-refractivity contribution in [3.8, 4) is 0 Å². The second-order valence-corrected chi connectivity index (χ2v) is 3.18. The van der Waals surface area contributed by atoms with Crippen molar-refractivity contribution < 1.29 is 4.79 Å². The number of hydrogen-bond acceptors (Lipinski definition) is 4. The molecule has 15 heavy (non-hydrogen) atoms. The van der Waals surface area contributed by atoms with Gasteiger partial charge in [-0.25, -0.2) is 9.97 Å². The molecular weight excluding hydrogens is 216 g/mol. The predicted molar refractivity (Wildman–Crippen MR) is 58.8 cm³/mol. The average molecular weight is 229 g/mol. The Balaban J connectivity index is 2.32. The molecule has 0 unspecified atom stereocenters. The number of anilines is 1. The smallest absolute Gasteiger partial charge is 0.221 e. The van der Waals surface area contributed by atoms with Crippen LogP contribution in [-0.2, 0) is 4.79 Å². The van der Waals surface area contributed by atoms with E-state index in [1.807, 2.05) is 6.92 Å². The normalized spacial score (nSPS) is 9.73. The van der Waals surface area contributed by atoms with Crippen LogP contribution < -0.4 is 10.6 Å². The largest absolute Gasteiger partial charge is 0.367 e. The van der Waals surface area contributed by atoms with E-state index in [1.54, 1.807) is 6.20 Å². The van der Waals surface area contributed by atoms with E-state index < -0.39 is 0 Å². The lowest BCUT2D eigenvalue weighted by Gasteiger charge is -2.05. The Morgan fingerprint density at radius 2 is 2.20 bits per heavy atom. The van der Waals surface area contributed by atoms with Crippen LogP contribution in [0.15, 0.2) is 12.4 Å². The summed E-state index contributed by atoms with van der Waals surface area (Å²) >= 11 is 5.76. The highest BCUT2D eigenvalue weighted by molar-refractivity contribution is 6.31. The van der Waals surface area contributed by atoms with Crippen LogP contribution in [0.4, 0.5) is 5.82 Å². The molecule has 1 heterocycles. The fraction of sp³-hybridized carbons (Fsp3) is 0.444. The zero-order chi connectivity index (χ0) is 11.1. The first-order valence-electron chi connectivity index (χ1n) is 4.71. The maximum absolute atomic E-state index is 11.1. The summed E-state index contributed by atoms with van der Waals surface area (Å²) in [5, 5.41) is 5.95. The number of halogens is 1. The Labute approximate surface area is 93.3 Å². The van der Waals surface area contributed by atoms with E-state index in [2.05, 4.69) is 20.6 Å². The van der Waals surface area contributed by atoms with Crippen molar-refractivity contribution >= 4 is 23.3 Å². The third kappa shape index (κ3) is 4.12. The third-order valence-corrected chi connectivity index (χ3v) is 1.95. The molecule has 6 heteroatoms. The molecule has 0 radical (unpaired) electrons. The lowest BCUT2D eigenvalue weighted by Crippen LogP contribution is -2.24. The van der Waals surface area contributed by atoms with E-state index in [4.69, 9.17) is 11.6 Å². The van der Waals surface area contributed by atoms with Crippen LogP contribution in [-0.4, -0.2) is 29.0 Å². The van der Waals surface area contributed by atoms with Gasteiger partial charge in [0.05, 0.1) is 0 Å². The van der Waals surface area contributed by atoms with Gasteiger partial charge in [0, 0.05) is 31.9 Å². The van der Waals surface area contributed by atoms with E-state index in [9.17, 15) is 4.79 Å². The van der Waals surface area contributed by atoms with Crippen molar-refractivity contribution in [2.75, 3.05) is 18.4 Å². The highest BCUT2D eigenvalue weighted by Gasteiger charge is 2.02. The van der Waals surface area contributed by atoms with Gasteiger partial charge >= 0.3 is 0 Å². The number of rotatable bonds is 5. The molecule has 0 fully saturated rings. The molecule has 0 bridgehead atoms. The summed E-state index contributed by atoms with van der Waals surface area (Å²) < 4.78 is 0. The van der Waals surface area contributed by atoms with Gasteiger partial charge in [0.1, 0.15) is 0 Å². The van der Waals surface area contributed by atoms with E-state index in [0.29, 0.717) is 30.5 Å². The highest BCUT2D eigenvalue weighted by Crippen LogP contribution is 2.13. The van der Waals surface area contributed by atoms with E-state index >= 15 is 0 Å². The molecule has 2 N–H and O–H groups in total. The molecular formula is C9H13ClN4O. The quantitative estimate of drug-likeness (QED) is 0.791. The molecule has 1 amide bonds. The van der Waals surface area contributed by atoms with Gasteiger partial charge in [0.2, 0.25) is 5.91 Å². The van der Waals surface area contributed by atoms with Crippen molar-refractivity contribution in [2.45, 2.75) is 13.3 Å². The number of nitrogens with one attached hydrogen (secondary N) is 2. The Kier molecular flexibility index (Phi) is 4.83. The van der Waals surface area contributed by atoms with Gasteiger partial charge in [0.25, 0.3) is 0 Å². The summed E-state index contributed by atoms with van der Waals surface area (Å²) in [6, 6.07) is 0. The van der Waals surface area contributed by atoms with E-state index in [1.165, 1.54) is 6.20 Å². The summed E-state index contributed by atoms with van der Waals surface area (Å²) in [5.41, 5.74) is 0. The van der Waals surface area contributed by atoms with E-state index in [0.717, 1.165) is 0 Å². The lowest BCUT2D eigenvalue weighted by atomic mass is 10.4. The van der Waals surface area contributed by atoms with Crippen molar-refractivity contribution in [1.82, 2.24) is 15.3 Å². The van der Waals surface area contributed by atoms with E-state index in [-0.39, 0.29) is 5.91 Å². The fourth-order valence-electron chi connectivity index (χ4n) is 1.02. The molecule has 1 aromatic rings. The number of carbonyl (C=O) groups excluding carboxylic acids is 1. The average Bonchev–Trinajstić information content (AvgIpc) is 2.21. The summed E-state index contributed by atoms with van der Waals surface area (Å²) in [6.07, 6.45) is 3.44. The van der Waals surface area contributed by atoms with Crippen molar-refractivity contribution in [3.63, 3.8) is 0 Å². The van der Waals surface area contributed by atoms with Gasteiger partial charge in [-0.2, -0.15) is 0 Å². The van der Waals surface area contributed by atoms with Gasteiger partial charge in [-0.15, -0.1) is 0 Å². The SMILES string of the molecule is CCNC(=O)CCNc1nccnc1Cl. The maximum atomic E-state index is 11.1. The summed E-state index contributed by atoms with van der Waals surface area (Å²) in [6.45, 7) is 3.01. The second kappa shape index (κ2) is 6.19. The minimum Gasteiger partial charge on any atom is -0.367 e. The lowest BCUT2D eigenvalue weighted by molar-refractivity contribution is -0.120. The zero-order valence-corrected chi connectivity index (χ0v) is 9.21. The topological polar surface area (TPSA) is 66.9 Å². The van der Waals surface area contributed by atoms with Gasteiger partial charge < -0.3 is 10.6 Å². The van der Waals surface area contributed by atoms with Gasteiger partial charge in [0.15, 0.2) is 11.0 Å². The Hall–Kier alpha value is -1.36. The number of hydrogen-bond donors (Lipinski definition) is 2. The summed E-state index contributed by atoms with van der Waals surface area (Å²) in [7, 11) is 0. The number of aromatic nitrogens is 2. The molecule has 1 aromatic heterocycles. The number of nitrogens with zero attached hydrogens (tertiary/aromatic N) is 2. The van der Waals surface area contributed by atoms with Gasteiger partial charge in [-0.05, 0) is 6.92 Å². The van der Waals surface area contributed by atoms with Crippen molar-refractivity contribution in [1.29, 1.82) is 0 Å². The predicted octanol–water partition coefficient (Wildman–Crippen LogP) is 1.07. The first-order chi connectivity index (χ1) is 7.24. The first kappa shape index (κ1) is 11.7. The van der Waals surface area contributed by atoms with Crippen molar-refractivity contribution in [3.05, 3.63) is 17.5 Å². The Bertz CT molecular complexity index is 332. The van der Waals surface area contributed by atoms with Gasteiger partial charge in [-0.3, -0.25) is 4.79 Å². The van der Waals surface area contributed by atoms with Crippen LogP contribution in [0.2, 0.25) is 5.15 Å². The zero-order valence-electron chi connectivity index (χ0n) is 8.46. The molecule has 0 spiro atoms. The Morgan fingerprint density at radius 1 is 1.47 bits per heavy atom. The monoisotopic (exact) mass is 228 g/mol. The second-order valence-electron chi connectivity index (χ2n) is 2.83. The fourth-order valence-corrected chi connectivity index (χ4v) is 1.19. The molecule has 0 atom stereocenters. The van der Waals surface area contributed by atoms with Crippen LogP contribution in [0, 0.1) is 0 Å². The molecule has 1 rings (SSSR count). The molecule has 0 saturated carbocycles. The summed E-state index contributed by atoms with van der Waals surface area (Å²) in [4.78, 5) is 18.9.